The first-order chi connectivity index (χ1) is 5.52. The molecule has 0 aromatic carbocycles. The first-order valence-electron chi connectivity index (χ1n) is 4.84. The molecule has 2 fully saturated rings. The second-order valence-corrected chi connectivity index (χ2v) is 11.7. The summed E-state index contributed by atoms with van der Waals surface area (Å²) in [4.78, 5) is 0. The van der Waals surface area contributed by atoms with E-state index in [2.05, 4.69) is 20.8 Å². The third kappa shape index (κ3) is 1.79. The quantitative estimate of drug-likeness (QED) is 0.530. The maximum atomic E-state index is 6.25. The summed E-state index contributed by atoms with van der Waals surface area (Å²) in [7, 11) is 0. The van der Waals surface area contributed by atoms with Gasteiger partial charge in [0.15, 0.2) is 0 Å². The number of hydrogen-bond acceptors (Lipinski definition) is 1. The molecule has 2 heterocycles. The van der Waals surface area contributed by atoms with Crippen molar-refractivity contribution in [3.05, 3.63) is 0 Å². The normalized spacial score (nSPS) is 42.8. The van der Waals surface area contributed by atoms with Crippen molar-refractivity contribution in [2.45, 2.75) is 49.2 Å². The van der Waals surface area contributed by atoms with Gasteiger partial charge in [-0.1, -0.05) is 0 Å². The van der Waals surface area contributed by atoms with Gasteiger partial charge in [-0.25, -0.2) is 0 Å². The number of hydrogen-bond donors (Lipinski definition) is 0. The molecule has 2 rings (SSSR count). The number of alkyl halides is 3. The molecule has 0 N–H and O–H groups in total. The molecule has 0 aliphatic carbocycles. The first-order valence-corrected chi connectivity index (χ1v) is 8.97. The molecule has 1 atom stereocenters. The Bertz CT molecular complexity index is 186. The second kappa shape index (κ2) is 2.84. The topological polar surface area (TPSA) is 9.23 Å². The molecule has 2 aliphatic rings. The molecule has 1 unspecified atom stereocenters. The Balaban J connectivity index is 2.06. The Morgan fingerprint density at radius 3 is 2.25 bits per heavy atom. The van der Waals surface area contributed by atoms with Crippen LogP contribution in [0.3, 0.4) is 0 Å². The van der Waals surface area contributed by atoms with Gasteiger partial charge >= 0.3 is 82.7 Å². The van der Waals surface area contributed by atoms with E-state index >= 15 is 0 Å². The van der Waals surface area contributed by atoms with E-state index in [-0.39, 0.29) is 5.60 Å². The molecule has 2 aliphatic heterocycles. The van der Waals surface area contributed by atoms with Crippen molar-refractivity contribution >= 4 is 19.8 Å². The average molecular weight is 282 g/mol. The summed E-state index contributed by atoms with van der Waals surface area (Å²) in [5.74, 6) is 0. The van der Waals surface area contributed by atoms with E-state index in [1.165, 1.54) is 19.3 Å². The molecule has 2 saturated heterocycles. The van der Waals surface area contributed by atoms with Crippen molar-refractivity contribution in [3.8, 4) is 0 Å². The molecule has 0 radical (unpaired) electrons. The van der Waals surface area contributed by atoms with Crippen molar-refractivity contribution < 1.29 is 4.74 Å². The molecular weight excluding hydrogens is 263 g/mol. The van der Waals surface area contributed by atoms with Gasteiger partial charge in [-0.15, -0.1) is 0 Å². The van der Waals surface area contributed by atoms with Gasteiger partial charge in [-0.05, 0) is 0 Å². The van der Waals surface area contributed by atoms with Crippen LogP contribution in [0.15, 0.2) is 0 Å². The van der Waals surface area contributed by atoms with Crippen LogP contribution in [0.2, 0.25) is 0 Å². The predicted octanol–water partition coefficient (Wildman–Crippen LogP) is 3.20. The van der Waals surface area contributed by atoms with E-state index in [4.69, 9.17) is 4.74 Å². The molecule has 0 bridgehead atoms. The van der Waals surface area contributed by atoms with E-state index in [1.54, 1.807) is 8.86 Å². The fraction of sp³-hybridized carbons (Fsp3) is 1.00. The maximum absolute atomic E-state index is 6.25. The van der Waals surface area contributed by atoms with E-state index in [0.717, 1.165) is 0 Å². The number of halogens is 1. The first kappa shape index (κ1) is 9.25. The zero-order valence-corrected chi connectivity index (χ0v) is 10.5. The summed E-state index contributed by atoms with van der Waals surface area (Å²) >= 11 is -0.587. The predicted molar refractivity (Wildman–Crippen MR) is 61.2 cm³/mol. The standard InChI is InChI=1S/C10H19IO/c1-9(2)5-4-6-10(3,12-9)11-7-8-11/h4-8H2,1-3H3. The van der Waals surface area contributed by atoms with E-state index < -0.39 is 19.8 Å². The summed E-state index contributed by atoms with van der Waals surface area (Å²) in [5, 5.41) is 0. The van der Waals surface area contributed by atoms with Crippen molar-refractivity contribution in [1.82, 2.24) is 0 Å². The Labute approximate surface area is 82.6 Å². The molecule has 0 aromatic heterocycles. The average Bonchev–Trinajstić information content (AvgIpc) is 2.62. The van der Waals surface area contributed by atoms with Gasteiger partial charge in [0.2, 0.25) is 0 Å². The van der Waals surface area contributed by atoms with Crippen molar-refractivity contribution in [1.29, 1.82) is 0 Å². The Hall–Kier alpha value is 0.690. The van der Waals surface area contributed by atoms with Gasteiger partial charge in [0.25, 0.3) is 0 Å². The molecule has 12 heavy (non-hydrogen) atoms. The monoisotopic (exact) mass is 282 g/mol. The Morgan fingerprint density at radius 1 is 1.08 bits per heavy atom. The molecule has 0 aromatic rings. The SMILES string of the molecule is CC1(C)CCCC(C)(I2CC2)O1. The molecule has 0 spiro atoms. The summed E-state index contributed by atoms with van der Waals surface area (Å²) in [6.45, 7) is 6.89. The zero-order valence-electron chi connectivity index (χ0n) is 8.32. The van der Waals surface area contributed by atoms with Crippen LogP contribution in [-0.2, 0) is 4.74 Å². The van der Waals surface area contributed by atoms with Gasteiger partial charge in [0.1, 0.15) is 0 Å². The Kier molecular flexibility index (Phi) is 2.19. The van der Waals surface area contributed by atoms with Crippen LogP contribution >= 0.6 is 19.8 Å². The second-order valence-electron chi connectivity index (χ2n) is 4.65. The Morgan fingerprint density at radius 2 is 1.75 bits per heavy atom. The van der Waals surface area contributed by atoms with Crippen LogP contribution in [0.5, 0.6) is 0 Å². The molecule has 0 saturated carbocycles. The van der Waals surface area contributed by atoms with E-state index in [1.807, 2.05) is 0 Å². The van der Waals surface area contributed by atoms with Crippen LogP contribution in [0.4, 0.5) is 0 Å². The van der Waals surface area contributed by atoms with Crippen LogP contribution in [-0.4, -0.2) is 18.1 Å². The summed E-state index contributed by atoms with van der Waals surface area (Å²) in [6.07, 6.45) is 3.99. The van der Waals surface area contributed by atoms with Crippen LogP contribution in [0, 0.1) is 0 Å². The van der Waals surface area contributed by atoms with Gasteiger partial charge < -0.3 is 0 Å². The number of ether oxygens (including phenoxy) is 1. The third-order valence-corrected chi connectivity index (χ3v) is 8.98. The molecule has 1 nitrogen and oxygen atoms in total. The van der Waals surface area contributed by atoms with Gasteiger partial charge in [-0.2, -0.15) is 0 Å². The van der Waals surface area contributed by atoms with Gasteiger partial charge in [0.05, 0.1) is 0 Å². The van der Waals surface area contributed by atoms with Crippen molar-refractivity contribution in [2.24, 2.45) is 0 Å². The van der Waals surface area contributed by atoms with Gasteiger partial charge in [0, 0.05) is 0 Å². The fourth-order valence-corrected chi connectivity index (χ4v) is 8.04. The molecule has 72 valence electrons. The zero-order chi connectivity index (χ0) is 8.82. The minimum absolute atomic E-state index is 0.174. The van der Waals surface area contributed by atoms with Crippen LogP contribution in [0.25, 0.3) is 0 Å². The number of rotatable bonds is 1. The molecule has 2 heteroatoms. The third-order valence-electron chi connectivity index (χ3n) is 2.83. The van der Waals surface area contributed by atoms with E-state index in [0.29, 0.717) is 3.61 Å². The minimum atomic E-state index is -0.587. The van der Waals surface area contributed by atoms with Crippen LogP contribution < -0.4 is 0 Å². The summed E-state index contributed by atoms with van der Waals surface area (Å²) in [6, 6.07) is 0. The molecular formula is C10H19IO. The summed E-state index contributed by atoms with van der Waals surface area (Å²) in [5.41, 5.74) is 0.174. The summed E-state index contributed by atoms with van der Waals surface area (Å²) < 4.78 is 9.74. The van der Waals surface area contributed by atoms with Gasteiger partial charge in [-0.3, -0.25) is 0 Å². The van der Waals surface area contributed by atoms with Crippen molar-refractivity contribution in [3.63, 3.8) is 0 Å². The van der Waals surface area contributed by atoms with Crippen molar-refractivity contribution in [2.75, 3.05) is 8.86 Å². The molecule has 0 amide bonds. The fourth-order valence-electron chi connectivity index (χ4n) is 2.13. The van der Waals surface area contributed by atoms with Crippen LogP contribution in [0.1, 0.15) is 40.0 Å². The van der Waals surface area contributed by atoms with E-state index in [9.17, 15) is 0 Å².